The number of hydrogen-bond donors (Lipinski definition) is 1. The fourth-order valence-corrected chi connectivity index (χ4v) is 2.53. The minimum atomic E-state index is -0.281. The Labute approximate surface area is 135 Å². The predicted octanol–water partition coefficient (Wildman–Crippen LogP) is 2.31. The number of benzene rings is 2. The topological polar surface area (TPSA) is 59.0 Å². The van der Waals surface area contributed by atoms with Crippen molar-refractivity contribution in [2.45, 2.75) is 6.04 Å². The summed E-state index contributed by atoms with van der Waals surface area (Å²) in [4.78, 5) is 14.2. The van der Waals surface area contributed by atoms with Gasteiger partial charge in [0.25, 0.3) is 5.91 Å². The number of morpholine rings is 1. The van der Waals surface area contributed by atoms with Crippen molar-refractivity contribution in [1.29, 1.82) is 0 Å². The Bertz CT molecular complexity index is 642. The average molecular weight is 313 g/mol. The minimum Gasteiger partial charge on any atom is -0.457 e. The number of para-hydroxylation sites is 1. The van der Waals surface area contributed by atoms with Gasteiger partial charge in [0.15, 0.2) is 0 Å². The quantitative estimate of drug-likeness (QED) is 0.941. The summed E-state index contributed by atoms with van der Waals surface area (Å²) in [6.07, 6.45) is 0. The first kappa shape index (κ1) is 15.5. The minimum absolute atomic E-state index is 0.0963. The molecule has 2 aromatic carbocycles. The maximum atomic E-state index is 12.6. The lowest BCUT2D eigenvalue weighted by molar-refractivity contribution is -0.0183. The van der Waals surface area contributed by atoms with Crippen LogP contribution in [0.2, 0.25) is 0 Å². The van der Waals surface area contributed by atoms with E-state index in [1.54, 1.807) is 29.2 Å². The maximum absolute atomic E-state index is 12.6. The number of ether oxygens (including phenoxy) is 2. The highest BCUT2D eigenvalue weighted by atomic mass is 16.5. The zero-order chi connectivity index (χ0) is 16.1. The van der Waals surface area contributed by atoms with E-state index in [-0.39, 0.29) is 18.6 Å². The fourth-order valence-electron chi connectivity index (χ4n) is 2.53. The molecule has 0 spiro atoms. The van der Waals surface area contributed by atoms with Crippen molar-refractivity contribution in [1.82, 2.24) is 4.90 Å². The highest BCUT2D eigenvalue weighted by molar-refractivity contribution is 5.94. The summed E-state index contributed by atoms with van der Waals surface area (Å²) in [7, 11) is 0. The Hall–Kier alpha value is -2.37. The second-order valence-corrected chi connectivity index (χ2v) is 5.35. The van der Waals surface area contributed by atoms with Crippen LogP contribution in [-0.2, 0) is 4.74 Å². The first-order chi connectivity index (χ1) is 11.3. The van der Waals surface area contributed by atoms with Crippen molar-refractivity contribution in [3.8, 4) is 11.5 Å². The zero-order valence-corrected chi connectivity index (χ0v) is 12.7. The summed E-state index contributed by atoms with van der Waals surface area (Å²) in [5.41, 5.74) is 0.575. The van der Waals surface area contributed by atoms with Crippen LogP contribution in [0.5, 0.6) is 11.5 Å². The summed E-state index contributed by atoms with van der Waals surface area (Å²) in [6, 6.07) is 16.2. The summed E-state index contributed by atoms with van der Waals surface area (Å²) in [5.74, 6) is 1.33. The van der Waals surface area contributed by atoms with Gasteiger partial charge in [0, 0.05) is 12.1 Å². The molecular formula is C18H19NO4. The normalized spacial score (nSPS) is 17.8. The van der Waals surface area contributed by atoms with E-state index in [4.69, 9.17) is 9.47 Å². The van der Waals surface area contributed by atoms with Crippen LogP contribution in [0.3, 0.4) is 0 Å². The van der Waals surface area contributed by atoms with Crippen LogP contribution in [0.1, 0.15) is 10.4 Å². The molecule has 1 N–H and O–H groups in total. The molecule has 1 saturated heterocycles. The summed E-state index contributed by atoms with van der Waals surface area (Å²) in [5, 5.41) is 9.37. The van der Waals surface area contributed by atoms with E-state index < -0.39 is 0 Å². The van der Waals surface area contributed by atoms with Gasteiger partial charge in [-0.25, -0.2) is 0 Å². The molecule has 0 radical (unpaired) electrons. The van der Waals surface area contributed by atoms with Crippen molar-refractivity contribution >= 4 is 5.91 Å². The number of nitrogens with zero attached hydrogens (tertiary/aromatic N) is 1. The molecule has 2 aromatic rings. The molecule has 1 amide bonds. The molecule has 1 unspecified atom stereocenters. The molecule has 3 rings (SSSR count). The predicted molar refractivity (Wildman–Crippen MR) is 85.7 cm³/mol. The monoisotopic (exact) mass is 313 g/mol. The number of hydrogen-bond acceptors (Lipinski definition) is 4. The third-order valence-corrected chi connectivity index (χ3v) is 3.78. The summed E-state index contributed by atoms with van der Waals surface area (Å²) >= 11 is 0. The van der Waals surface area contributed by atoms with Crippen molar-refractivity contribution in [2.24, 2.45) is 0 Å². The lowest BCUT2D eigenvalue weighted by atomic mass is 10.1. The molecule has 5 heteroatoms. The molecule has 1 atom stereocenters. The Morgan fingerprint density at radius 3 is 2.52 bits per heavy atom. The lowest BCUT2D eigenvalue weighted by Gasteiger charge is -2.34. The van der Waals surface area contributed by atoms with E-state index in [1.165, 1.54) is 0 Å². The lowest BCUT2D eigenvalue weighted by Crippen LogP contribution is -2.50. The van der Waals surface area contributed by atoms with Crippen LogP contribution in [0.25, 0.3) is 0 Å². The van der Waals surface area contributed by atoms with E-state index in [9.17, 15) is 9.90 Å². The van der Waals surface area contributed by atoms with Gasteiger partial charge in [-0.3, -0.25) is 4.79 Å². The number of amides is 1. The first-order valence-corrected chi connectivity index (χ1v) is 7.60. The van der Waals surface area contributed by atoms with Crippen molar-refractivity contribution in [3.05, 3.63) is 60.2 Å². The molecular weight excluding hydrogens is 294 g/mol. The van der Waals surface area contributed by atoms with Crippen LogP contribution < -0.4 is 4.74 Å². The zero-order valence-electron chi connectivity index (χ0n) is 12.7. The highest BCUT2D eigenvalue weighted by Crippen LogP contribution is 2.22. The molecule has 0 aliphatic carbocycles. The molecule has 5 nitrogen and oxygen atoms in total. The maximum Gasteiger partial charge on any atom is 0.254 e. The largest absolute Gasteiger partial charge is 0.457 e. The van der Waals surface area contributed by atoms with Gasteiger partial charge in [-0.15, -0.1) is 0 Å². The molecule has 23 heavy (non-hydrogen) atoms. The van der Waals surface area contributed by atoms with E-state index in [0.717, 1.165) is 5.75 Å². The number of aliphatic hydroxyl groups excluding tert-OH is 1. The van der Waals surface area contributed by atoms with Crippen LogP contribution >= 0.6 is 0 Å². The van der Waals surface area contributed by atoms with Gasteiger partial charge in [0.05, 0.1) is 25.9 Å². The van der Waals surface area contributed by atoms with Gasteiger partial charge in [0.1, 0.15) is 11.5 Å². The molecule has 0 aromatic heterocycles. The second kappa shape index (κ2) is 7.26. The van der Waals surface area contributed by atoms with Gasteiger partial charge in [-0.2, -0.15) is 0 Å². The summed E-state index contributed by atoms with van der Waals surface area (Å²) in [6.45, 7) is 1.27. The third-order valence-electron chi connectivity index (χ3n) is 3.78. The SMILES string of the molecule is O=C(c1ccc(Oc2ccccc2)cc1)N1CCOCC1CO. The Morgan fingerprint density at radius 2 is 1.83 bits per heavy atom. The van der Waals surface area contributed by atoms with Gasteiger partial charge in [0.2, 0.25) is 0 Å². The number of aliphatic hydroxyl groups is 1. The second-order valence-electron chi connectivity index (χ2n) is 5.35. The third kappa shape index (κ3) is 3.70. The van der Waals surface area contributed by atoms with Crippen LogP contribution in [0.15, 0.2) is 54.6 Å². The van der Waals surface area contributed by atoms with Crippen LogP contribution in [0, 0.1) is 0 Å². The van der Waals surface area contributed by atoms with Crippen LogP contribution in [-0.4, -0.2) is 48.3 Å². The fraction of sp³-hybridized carbons (Fsp3) is 0.278. The van der Waals surface area contributed by atoms with Crippen molar-refractivity contribution in [2.75, 3.05) is 26.4 Å². The van der Waals surface area contributed by atoms with E-state index in [0.29, 0.717) is 31.1 Å². The molecule has 120 valence electrons. The standard InChI is InChI=1S/C18H19NO4/c20-12-15-13-22-11-10-19(15)18(21)14-6-8-17(9-7-14)23-16-4-2-1-3-5-16/h1-9,15,20H,10-13H2. The molecule has 1 aliphatic heterocycles. The summed E-state index contributed by atoms with van der Waals surface area (Å²) < 4.78 is 11.0. The highest BCUT2D eigenvalue weighted by Gasteiger charge is 2.27. The number of carbonyl (C=O) groups excluding carboxylic acids is 1. The number of carbonyl (C=O) groups is 1. The van der Waals surface area contributed by atoms with E-state index in [1.807, 2.05) is 30.3 Å². The first-order valence-electron chi connectivity index (χ1n) is 7.60. The van der Waals surface area contributed by atoms with Gasteiger partial charge < -0.3 is 19.5 Å². The smallest absolute Gasteiger partial charge is 0.254 e. The van der Waals surface area contributed by atoms with E-state index >= 15 is 0 Å². The number of rotatable bonds is 4. The Balaban J connectivity index is 1.70. The molecule has 1 aliphatic rings. The van der Waals surface area contributed by atoms with E-state index in [2.05, 4.69) is 0 Å². The molecule has 1 heterocycles. The Kier molecular flexibility index (Phi) is 4.90. The molecule has 0 saturated carbocycles. The Morgan fingerprint density at radius 1 is 1.13 bits per heavy atom. The van der Waals surface area contributed by atoms with Gasteiger partial charge >= 0.3 is 0 Å². The molecule has 0 bridgehead atoms. The van der Waals surface area contributed by atoms with Crippen LogP contribution in [0.4, 0.5) is 0 Å². The van der Waals surface area contributed by atoms with Crippen molar-refractivity contribution < 1.29 is 19.4 Å². The van der Waals surface area contributed by atoms with Gasteiger partial charge in [-0.05, 0) is 36.4 Å². The molecule has 1 fully saturated rings. The van der Waals surface area contributed by atoms with Gasteiger partial charge in [-0.1, -0.05) is 18.2 Å². The average Bonchev–Trinajstić information content (AvgIpc) is 2.62. The van der Waals surface area contributed by atoms with Crippen molar-refractivity contribution in [3.63, 3.8) is 0 Å².